The van der Waals surface area contributed by atoms with Crippen LogP contribution in [0.25, 0.3) is 11.3 Å². The monoisotopic (exact) mass is 618 g/mol. The summed E-state index contributed by atoms with van der Waals surface area (Å²) in [5, 5.41) is 11.2. The van der Waals surface area contributed by atoms with Gasteiger partial charge in [-0.25, -0.2) is 13.8 Å². The summed E-state index contributed by atoms with van der Waals surface area (Å²) in [6.07, 6.45) is 3.51. The molecule has 8 nitrogen and oxygen atoms in total. The molecule has 1 amide bonds. The Morgan fingerprint density at radius 1 is 0.978 bits per heavy atom. The van der Waals surface area contributed by atoms with Gasteiger partial charge in [0, 0.05) is 56.3 Å². The normalized spacial score (nSPS) is 19.6. The van der Waals surface area contributed by atoms with Crippen molar-refractivity contribution in [3.8, 4) is 17.0 Å². The lowest BCUT2D eigenvalue weighted by atomic mass is 9.87. The van der Waals surface area contributed by atoms with E-state index in [9.17, 15) is 19.1 Å². The molecule has 3 saturated heterocycles. The predicted molar refractivity (Wildman–Crippen MR) is 163 cm³/mol. The maximum atomic E-state index is 15.2. The third-order valence-corrected chi connectivity index (χ3v) is 9.47. The summed E-state index contributed by atoms with van der Waals surface area (Å²) < 4.78 is 41.0. The number of pyridine rings is 1. The van der Waals surface area contributed by atoms with E-state index in [2.05, 4.69) is 17.1 Å². The Kier molecular flexibility index (Phi) is 9.30. The first-order valence-corrected chi connectivity index (χ1v) is 15.8. The van der Waals surface area contributed by atoms with Gasteiger partial charge in [0.1, 0.15) is 18.2 Å². The number of hydrogen-bond acceptors (Lipinski definition) is 7. The SMILES string of the molecule is Cc1cc(C2CCN(C(=O)[C@@H]3CCOC3)CC2)ccc1COc1c(F)cc(F)cc1-c1cccc(N2CCC(C(=O)[O-])CC2)n1. The van der Waals surface area contributed by atoms with Crippen molar-refractivity contribution in [2.24, 2.45) is 11.8 Å². The van der Waals surface area contributed by atoms with Crippen LogP contribution in [-0.4, -0.2) is 61.2 Å². The van der Waals surface area contributed by atoms with E-state index in [-0.39, 0.29) is 29.7 Å². The number of anilines is 1. The smallest absolute Gasteiger partial charge is 0.228 e. The molecule has 3 aromatic rings. The first kappa shape index (κ1) is 31.0. The van der Waals surface area contributed by atoms with Crippen LogP contribution in [0.5, 0.6) is 5.75 Å². The molecule has 0 spiro atoms. The summed E-state index contributed by atoms with van der Waals surface area (Å²) in [5.74, 6) is -1.99. The molecule has 10 heteroatoms. The van der Waals surface area contributed by atoms with Crippen molar-refractivity contribution in [2.75, 3.05) is 44.3 Å². The van der Waals surface area contributed by atoms with Gasteiger partial charge in [0.15, 0.2) is 11.6 Å². The number of hydrogen-bond donors (Lipinski definition) is 0. The number of halogens is 2. The van der Waals surface area contributed by atoms with Crippen molar-refractivity contribution in [1.82, 2.24) is 9.88 Å². The molecule has 45 heavy (non-hydrogen) atoms. The average molecular weight is 619 g/mol. The van der Waals surface area contributed by atoms with Gasteiger partial charge in [-0.15, -0.1) is 0 Å². The number of ether oxygens (including phenoxy) is 2. The van der Waals surface area contributed by atoms with Gasteiger partial charge in [0.05, 0.1) is 18.2 Å². The second-order valence-corrected chi connectivity index (χ2v) is 12.4. The van der Waals surface area contributed by atoms with E-state index in [1.165, 1.54) is 11.6 Å². The lowest BCUT2D eigenvalue weighted by Gasteiger charge is -2.33. The molecule has 0 saturated carbocycles. The summed E-state index contributed by atoms with van der Waals surface area (Å²) in [6, 6.07) is 13.5. The fraction of sp³-hybridized carbons (Fsp3) is 0.457. The second-order valence-electron chi connectivity index (χ2n) is 12.4. The number of carbonyl (C=O) groups excluding carboxylic acids is 2. The summed E-state index contributed by atoms with van der Waals surface area (Å²) in [7, 11) is 0. The fourth-order valence-electron chi connectivity index (χ4n) is 6.70. The molecule has 0 aliphatic carbocycles. The first-order valence-electron chi connectivity index (χ1n) is 15.8. The van der Waals surface area contributed by atoms with Crippen LogP contribution in [-0.2, 0) is 20.9 Å². The first-order chi connectivity index (χ1) is 21.8. The highest BCUT2D eigenvalue weighted by Gasteiger charge is 2.31. The Hall–Kier alpha value is -4.05. The summed E-state index contributed by atoms with van der Waals surface area (Å²) in [4.78, 5) is 32.6. The highest BCUT2D eigenvalue weighted by Crippen LogP contribution is 2.36. The van der Waals surface area contributed by atoms with E-state index in [1.807, 2.05) is 22.8 Å². The highest BCUT2D eigenvalue weighted by molar-refractivity contribution is 5.79. The predicted octanol–water partition coefficient (Wildman–Crippen LogP) is 4.62. The van der Waals surface area contributed by atoms with Gasteiger partial charge in [-0.3, -0.25) is 4.79 Å². The Morgan fingerprint density at radius 3 is 2.44 bits per heavy atom. The molecule has 6 rings (SSSR count). The number of rotatable bonds is 8. The van der Waals surface area contributed by atoms with Crippen molar-refractivity contribution in [2.45, 2.75) is 51.6 Å². The van der Waals surface area contributed by atoms with Gasteiger partial charge in [-0.1, -0.05) is 24.3 Å². The van der Waals surface area contributed by atoms with Crippen LogP contribution in [0.2, 0.25) is 0 Å². The van der Waals surface area contributed by atoms with Crippen LogP contribution >= 0.6 is 0 Å². The van der Waals surface area contributed by atoms with Gasteiger partial charge >= 0.3 is 0 Å². The van der Waals surface area contributed by atoms with E-state index in [0.717, 1.165) is 49.5 Å². The molecule has 1 atom stereocenters. The molecule has 0 unspecified atom stereocenters. The highest BCUT2D eigenvalue weighted by atomic mass is 19.1. The van der Waals surface area contributed by atoms with Gasteiger partial charge in [0.2, 0.25) is 5.91 Å². The number of carboxylic acids is 1. The minimum absolute atomic E-state index is 0.00421. The molecule has 238 valence electrons. The minimum atomic E-state index is -1.04. The van der Waals surface area contributed by atoms with Crippen LogP contribution < -0.4 is 14.7 Å². The molecule has 1 aromatic heterocycles. The molecule has 2 aromatic carbocycles. The van der Waals surface area contributed by atoms with Gasteiger partial charge in [-0.2, -0.15) is 0 Å². The van der Waals surface area contributed by atoms with Crippen LogP contribution in [0, 0.1) is 30.4 Å². The average Bonchev–Trinajstić information content (AvgIpc) is 3.60. The molecule has 0 bridgehead atoms. The van der Waals surface area contributed by atoms with Crippen molar-refractivity contribution in [3.05, 3.63) is 76.9 Å². The lowest BCUT2D eigenvalue weighted by molar-refractivity contribution is -0.312. The molecule has 3 aliphatic rings. The van der Waals surface area contributed by atoms with E-state index in [4.69, 9.17) is 9.47 Å². The number of benzene rings is 2. The standard InChI is InChI=1S/C35H39F2N3O5/c1-22-17-25(23-7-14-40(15-8-23)34(41)27-11-16-44-20-27)5-6-26(22)21-45-33-29(18-28(36)19-30(33)37)31-3-2-4-32(38-31)39-12-9-24(10-13-39)35(42)43/h2-6,17-19,23-24,27H,7-16,20-21H2,1H3,(H,42,43)/p-1/t27-/m1/s1. The summed E-state index contributed by atoms with van der Waals surface area (Å²) in [6.45, 7) is 5.76. The number of carbonyl (C=O) groups is 2. The van der Waals surface area contributed by atoms with Crippen molar-refractivity contribution in [1.29, 1.82) is 0 Å². The number of likely N-dealkylation sites (tertiary alicyclic amines) is 1. The Balaban J connectivity index is 1.13. The third kappa shape index (κ3) is 6.96. The Bertz CT molecular complexity index is 1540. The second kappa shape index (κ2) is 13.5. The zero-order valence-corrected chi connectivity index (χ0v) is 25.5. The van der Waals surface area contributed by atoms with E-state index >= 15 is 4.39 Å². The Labute approximate surface area is 262 Å². The zero-order valence-electron chi connectivity index (χ0n) is 25.5. The third-order valence-electron chi connectivity index (χ3n) is 9.47. The molecule has 0 N–H and O–H groups in total. The topological polar surface area (TPSA) is 95.0 Å². The molecular formula is C35H38F2N3O5-. The number of amides is 1. The number of nitrogens with zero attached hydrogens (tertiary/aromatic N) is 3. The van der Waals surface area contributed by atoms with E-state index < -0.39 is 23.5 Å². The maximum Gasteiger partial charge on any atom is 0.228 e. The van der Waals surface area contributed by atoms with E-state index in [0.29, 0.717) is 56.6 Å². The number of aryl methyl sites for hydroxylation is 1. The number of piperidine rings is 2. The van der Waals surface area contributed by atoms with E-state index in [1.54, 1.807) is 18.2 Å². The van der Waals surface area contributed by atoms with Crippen molar-refractivity contribution < 1.29 is 33.0 Å². The molecule has 4 heterocycles. The largest absolute Gasteiger partial charge is 0.550 e. The summed E-state index contributed by atoms with van der Waals surface area (Å²) >= 11 is 0. The van der Waals surface area contributed by atoms with Crippen molar-refractivity contribution in [3.63, 3.8) is 0 Å². The van der Waals surface area contributed by atoms with Gasteiger partial charge in [0.25, 0.3) is 0 Å². The zero-order chi connectivity index (χ0) is 31.5. The molecule has 3 fully saturated rings. The maximum absolute atomic E-state index is 15.2. The quantitative estimate of drug-likeness (QED) is 0.364. The van der Waals surface area contributed by atoms with Gasteiger partial charge in [-0.05, 0) is 79.8 Å². The number of aromatic nitrogens is 1. The fourth-order valence-corrected chi connectivity index (χ4v) is 6.70. The molecule has 0 radical (unpaired) electrons. The Morgan fingerprint density at radius 2 is 1.76 bits per heavy atom. The molecular weight excluding hydrogens is 580 g/mol. The lowest BCUT2D eigenvalue weighted by Crippen LogP contribution is -2.41. The van der Waals surface area contributed by atoms with Gasteiger partial charge < -0.3 is 29.2 Å². The number of carboxylic acid groups (broad SMARTS) is 1. The molecule has 3 aliphatic heterocycles. The van der Waals surface area contributed by atoms with Crippen LogP contribution in [0.3, 0.4) is 0 Å². The van der Waals surface area contributed by atoms with Crippen molar-refractivity contribution >= 4 is 17.7 Å². The van der Waals surface area contributed by atoms with Crippen LogP contribution in [0.15, 0.2) is 48.5 Å². The van der Waals surface area contributed by atoms with Crippen LogP contribution in [0.1, 0.15) is 54.7 Å². The summed E-state index contributed by atoms with van der Waals surface area (Å²) in [5.41, 5.74) is 3.68. The minimum Gasteiger partial charge on any atom is -0.550 e. The van der Waals surface area contributed by atoms with Crippen LogP contribution in [0.4, 0.5) is 14.6 Å². The number of aliphatic carboxylic acids is 1.